The average Bonchev–Trinajstić information content (AvgIpc) is 3.14. The van der Waals surface area contributed by atoms with E-state index in [2.05, 4.69) is 27.2 Å². The first kappa shape index (κ1) is 24.8. The number of aromatic nitrogens is 2. The largest absolute Gasteiger partial charge is 0.493 e. The van der Waals surface area contributed by atoms with E-state index in [1.807, 2.05) is 0 Å². The summed E-state index contributed by atoms with van der Waals surface area (Å²) >= 11 is 6.35. The smallest absolute Gasteiger partial charge is 0.255 e. The van der Waals surface area contributed by atoms with Crippen molar-refractivity contribution in [2.75, 3.05) is 32.1 Å². The van der Waals surface area contributed by atoms with Crippen LogP contribution in [-0.4, -0.2) is 53.4 Å². The number of pyridine rings is 1. The Kier molecular flexibility index (Phi) is 6.64. The Morgan fingerprint density at radius 3 is 2.92 bits per heavy atom. The number of hydrogen-bond donors (Lipinski definition) is 3. The van der Waals surface area contributed by atoms with Gasteiger partial charge in [-0.2, -0.15) is 0 Å². The van der Waals surface area contributed by atoms with Gasteiger partial charge in [-0.05, 0) is 43.5 Å². The zero-order valence-corrected chi connectivity index (χ0v) is 21.1. The van der Waals surface area contributed by atoms with E-state index in [4.69, 9.17) is 16.3 Å². The standard InChI is InChI=1S/C27H27ClFN5O3/c1-3-20(35)34-12-5-9-27(10-13-34)15-31-26(36)21-23(32-19-7-4-6-17(28)24(19)37-2)22(33-25(21)27)16-8-11-30-14-18(16)29/h3-4,6-8,11,14,32-33H,1,5,9-10,12-13,15H2,2H3,(H,31,36)/t27-/m0/s1. The first-order valence-electron chi connectivity index (χ1n) is 12.0. The molecule has 2 aliphatic heterocycles. The van der Waals surface area contributed by atoms with Crippen molar-refractivity contribution in [1.29, 1.82) is 0 Å². The van der Waals surface area contributed by atoms with Crippen LogP contribution in [-0.2, 0) is 10.2 Å². The predicted molar refractivity (Wildman–Crippen MR) is 140 cm³/mol. The lowest BCUT2D eigenvalue weighted by Crippen LogP contribution is -2.47. The van der Waals surface area contributed by atoms with E-state index in [1.54, 1.807) is 29.2 Å². The molecular weight excluding hydrogens is 497 g/mol. The number of likely N-dealkylation sites (tertiary alicyclic amines) is 1. The number of methoxy groups -OCH3 is 1. The molecule has 0 bridgehead atoms. The quantitative estimate of drug-likeness (QED) is 0.417. The summed E-state index contributed by atoms with van der Waals surface area (Å²) in [6.07, 6.45) is 6.07. The van der Waals surface area contributed by atoms with Crippen molar-refractivity contribution in [3.05, 3.63) is 71.4 Å². The number of H-pyrrole nitrogens is 1. The third-order valence-electron chi connectivity index (χ3n) is 7.25. The number of nitrogens with one attached hydrogen (secondary N) is 3. The summed E-state index contributed by atoms with van der Waals surface area (Å²) < 4.78 is 20.5. The highest BCUT2D eigenvalue weighted by atomic mass is 35.5. The number of aromatic amines is 1. The second-order valence-corrected chi connectivity index (χ2v) is 9.68. The van der Waals surface area contributed by atoms with Crippen molar-refractivity contribution in [3.63, 3.8) is 0 Å². The van der Waals surface area contributed by atoms with Crippen LogP contribution in [0.4, 0.5) is 15.8 Å². The summed E-state index contributed by atoms with van der Waals surface area (Å²) in [6, 6.07) is 6.80. The molecule has 0 saturated carbocycles. The van der Waals surface area contributed by atoms with Gasteiger partial charge in [0.25, 0.3) is 5.91 Å². The van der Waals surface area contributed by atoms with Crippen LogP contribution in [0.2, 0.25) is 5.02 Å². The number of anilines is 2. The van der Waals surface area contributed by atoms with Gasteiger partial charge in [0.15, 0.2) is 11.6 Å². The molecule has 3 aromatic rings. The van der Waals surface area contributed by atoms with E-state index < -0.39 is 11.2 Å². The Bertz CT molecular complexity index is 1390. The number of halogens is 2. The van der Waals surface area contributed by atoms with E-state index in [1.165, 1.54) is 19.4 Å². The predicted octanol–water partition coefficient (Wildman–Crippen LogP) is 4.80. The maximum Gasteiger partial charge on any atom is 0.255 e. The molecule has 2 amide bonds. The number of carbonyl (C=O) groups is 2. The molecule has 1 atom stereocenters. The zero-order chi connectivity index (χ0) is 26.2. The second-order valence-electron chi connectivity index (χ2n) is 9.27. The van der Waals surface area contributed by atoms with Crippen molar-refractivity contribution in [2.24, 2.45) is 0 Å². The number of benzene rings is 1. The highest BCUT2D eigenvalue weighted by Gasteiger charge is 2.44. The van der Waals surface area contributed by atoms with Gasteiger partial charge in [0, 0.05) is 42.5 Å². The Hall–Kier alpha value is -3.85. The van der Waals surface area contributed by atoms with Gasteiger partial charge in [-0.3, -0.25) is 14.6 Å². The fourth-order valence-corrected chi connectivity index (χ4v) is 5.63. The Morgan fingerprint density at radius 2 is 2.16 bits per heavy atom. The van der Waals surface area contributed by atoms with Crippen LogP contribution in [0.1, 0.15) is 35.3 Å². The molecule has 1 saturated heterocycles. The minimum Gasteiger partial charge on any atom is -0.493 e. The molecule has 1 fully saturated rings. The highest BCUT2D eigenvalue weighted by molar-refractivity contribution is 6.32. The van der Waals surface area contributed by atoms with Gasteiger partial charge in [-0.25, -0.2) is 4.39 Å². The number of hydrogen-bond acceptors (Lipinski definition) is 5. The molecule has 5 rings (SSSR count). The van der Waals surface area contributed by atoms with Gasteiger partial charge in [-0.15, -0.1) is 0 Å². The van der Waals surface area contributed by atoms with Crippen LogP contribution < -0.4 is 15.4 Å². The lowest BCUT2D eigenvalue weighted by atomic mass is 9.74. The minimum absolute atomic E-state index is 0.112. The van der Waals surface area contributed by atoms with Crippen LogP contribution in [0.5, 0.6) is 5.75 Å². The monoisotopic (exact) mass is 523 g/mol. The van der Waals surface area contributed by atoms with Gasteiger partial charge >= 0.3 is 0 Å². The number of rotatable bonds is 5. The number of nitrogens with zero attached hydrogens (tertiary/aromatic N) is 2. The maximum atomic E-state index is 15.0. The van der Waals surface area contributed by atoms with E-state index in [-0.39, 0.29) is 17.4 Å². The van der Waals surface area contributed by atoms with Gasteiger partial charge in [-0.1, -0.05) is 24.2 Å². The third kappa shape index (κ3) is 4.33. The summed E-state index contributed by atoms with van der Waals surface area (Å²) in [7, 11) is 1.51. The van der Waals surface area contributed by atoms with Crippen molar-refractivity contribution in [2.45, 2.75) is 24.7 Å². The van der Waals surface area contributed by atoms with Crippen molar-refractivity contribution in [3.8, 4) is 17.0 Å². The highest BCUT2D eigenvalue weighted by Crippen LogP contribution is 2.47. The SMILES string of the molecule is C=CC(=O)N1CCC[C@]2(CC1)CNC(=O)c1c2[nH]c(-c2ccncc2F)c1Nc1cccc(Cl)c1OC. The van der Waals surface area contributed by atoms with Gasteiger partial charge in [0.1, 0.15) is 0 Å². The minimum atomic E-state index is -0.528. The molecule has 1 aromatic carbocycles. The Labute approximate surface area is 218 Å². The molecule has 10 heteroatoms. The Balaban J connectivity index is 1.68. The van der Waals surface area contributed by atoms with Gasteiger partial charge < -0.3 is 25.3 Å². The molecule has 4 heterocycles. The first-order chi connectivity index (χ1) is 17.9. The molecule has 37 heavy (non-hydrogen) atoms. The maximum absolute atomic E-state index is 15.0. The summed E-state index contributed by atoms with van der Waals surface area (Å²) in [5.74, 6) is -0.512. The molecule has 2 aliphatic rings. The van der Waals surface area contributed by atoms with E-state index in [0.717, 1.165) is 24.7 Å². The Morgan fingerprint density at radius 1 is 1.32 bits per heavy atom. The first-order valence-corrected chi connectivity index (χ1v) is 12.4. The molecule has 1 spiro atoms. The summed E-state index contributed by atoms with van der Waals surface area (Å²) in [5.41, 5.74) is 2.31. The number of fused-ring (bicyclic) bond motifs is 2. The van der Waals surface area contributed by atoms with Crippen LogP contribution in [0.25, 0.3) is 11.3 Å². The third-order valence-corrected chi connectivity index (χ3v) is 7.54. The number of amides is 2. The topological polar surface area (TPSA) is 99.4 Å². The van der Waals surface area contributed by atoms with Gasteiger partial charge in [0.05, 0.1) is 41.0 Å². The molecule has 2 aromatic heterocycles. The van der Waals surface area contributed by atoms with Crippen molar-refractivity contribution in [1.82, 2.24) is 20.2 Å². The van der Waals surface area contributed by atoms with E-state index in [9.17, 15) is 9.59 Å². The van der Waals surface area contributed by atoms with E-state index >= 15 is 4.39 Å². The summed E-state index contributed by atoms with van der Waals surface area (Å²) in [4.78, 5) is 34.8. The average molecular weight is 524 g/mol. The molecule has 0 radical (unpaired) electrons. The van der Waals surface area contributed by atoms with Crippen LogP contribution >= 0.6 is 11.6 Å². The van der Waals surface area contributed by atoms with Crippen molar-refractivity contribution >= 4 is 34.8 Å². The van der Waals surface area contributed by atoms with Crippen LogP contribution in [0.15, 0.2) is 49.3 Å². The second kappa shape index (κ2) is 9.89. The zero-order valence-electron chi connectivity index (χ0n) is 20.4. The molecule has 0 aliphatic carbocycles. The molecule has 192 valence electrons. The fraction of sp³-hybridized carbons (Fsp3) is 0.296. The normalized spacial score (nSPS) is 19.1. The van der Waals surface area contributed by atoms with Crippen LogP contribution in [0, 0.1) is 5.82 Å². The van der Waals surface area contributed by atoms with Crippen molar-refractivity contribution < 1.29 is 18.7 Å². The lowest BCUT2D eigenvalue weighted by Gasteiger charge is -2.36. The number of carbonyl (C=O) groups excluding carboxylic acids is 2. The van der Waals surface area contributed by atoms with E-state index in [0.29, 0.717) is 59.5 Å². The summed E-state index contributed by atoms with van der Waals surface area (Å²) in [6.45, 7) is 5.14. The summed E-state index contributed by atoms with van der Waals surface area (Å²) in [5, 5.41) is 6.74. The van der Waals surface area contributed by atoms with Crippen LogP contribution in [0.3, 0.4) is 0 Å². The molecular formula is C27H27ClFN5O3. The molecule has 0 unspecified atom stereocenters. The number of ether oxygens (including phenoxy) is 1. The molecule has 8 nitrogen and oxygen atoms in total. The lowest BCUT2D eigenvalue weighted by molar-refractivity contribution is -0.126. The number of para-hydroxylation sites is 1. The van der Waals surface area contributed by atoms with Gasteiger partial charge in [0.2, 0.25) is 5.91 Å². The molecule has 3 N–H and O–H groups in total. The fourth-order valence-electron chi connectivity index (χ4n) is 5.38.